The molecule has 0 atom stereocenters. The molecule has 587 valence electrons. The predicted molar refractivity (Wildman–Crippen MR) is 496 cm³/mol. The zero-order valence-electron chi connectivity index (χ0n) is 73.9. The molecular formula is C103H141N2SiY5-5. The summed E-state index contributed by atoms with van der Waals surface area (Å²) < 4.78 is 0. The number of hydrogen-bond donors (Lipinski definition) is 0. The van der Waals surface area contributed by atoms with Crippen LogP contribution in [-0.2, 0) is 164 Å². The molecule has 0 aliphatic carbocycles. The van der Waals surface area contributed by atoms with Gasteiger partial charge in [-0.15, -0.1) is 0 Å². The Hall–Kier alpha value is -4.54. The van der Waals surface area contributed by atoms with E-state index in [4.69, 9.17) is 0 Å². The zero-order chi connectivity index (χ0) is 75.3. The molecule has 0 spiro atoms. The quantitative estimate of drug-likeness (QED) is 0.0807. The van der Waals surface area contributed by atoms with Crippen LogP contribution in [0.1, 0.15) is 133 Å². The van der Waals surface area contributed by atoms with Gasteiger partial charge in [0.1, 0.15) is 8.07 Å². The first-order valence-electron chi connectivity index (χ1n) is 37.2. The van der Waals surface area contributed by atoms with Gasteiger partial charge in [0, 0.05) is 199 Å². The van der Waals surface area contributed by atoms with E-state index in [1.54, 1.807) is 0 Å². The predicted octanol–water partition coefficient (Wildman–Crippen LogP) is 31.0. The van der Waals surface area contributed by atoms with Gasteiger partial charge in [-0.3, -0.25) is 0 Å². The smallest absolute Gasteiger partial charge is 0.145 e. The van der Waals surface area contributed by atoms with E-state index < -0.39 is 8.07 Å². The maximum absolute atomic E-state index is 2.44. The van der Waals surface area contributed by atoms with E-state index in [0.717, 1.165) is 0 Å². The molecule has 13 aromatic rings. The minimum atomic E-state index is -1.88. The van der Waals surface area contributed by atoms with Crippen molar-refractivity contribution in [1.29, 1.82) is 0 Å². The van der Waals surface area contributed by atoms with Crippen LogP contribution in [0.15, 0.2) is 364 Å². The maximum atomic E-state index is 2.44. The number of anilines is 5. The van der Waals surface area contributed by atoms with Crippen molar-refractivity contribution >= 4 is 62.8 Å². The summed E-state index contributed by atoms with van der Waals surface area (Å²) in [6, 6.07) is 127. The summed E-state index contributed by atoms with van der Waals surface area (Å²) in [4.78, 5) is 4.43. The number of fused-ring (bicyclic) bond motifs is 1. The van der Waals surface area contributed by atoms with Crippen molar-refractivity contribution in [1.82, 2.24) is 0 Å². The van der Waals surface area contributed by atoms with Gasteiger partial charge in [-0.05, 0) is 131 Å². The van der Waals surface area contributed by atoms with Gasteiger partial charge in [0.2, 0.25) is 0 Å². The first kappa shape index (κ1) is 130. The van der Waals surface area contributed by atoms with E-state index in [9.17, 15) is 0 Å². The molecule has 5 radical (unpaired) electrons. The number of hydrogen-bond acceptors (Lipinski definition) is 2. The normalized spacial score (nSPS) is 8.27. The second-order valence-corrected chi connectivity index (χ2v) is 25.0. The van der Waals surface area contributed by atoms with Gasteiger partial charge in [-0.2, -0.15) is 0 Å². The van der Waals surface area contributed by atoms with Crippen molar-refractivity contribution in [3.8, 4) is 11.1 Å². The van der Waals surface area contributed by atoms with Gasteiger partial charge in [-0.1, -0.05) is 437 Å². The molecule has 0 saturated carbocycles. The van der Waals surface area contributed by atoms with Gasteiger partial charge in [0.05, 0.1) is 0 Å². The van der Waals surface area contributed by atoms with Crippen LogP contribution in [0.4, 0.5) is 28.4 Å². The van der Waals surface area contributed by atoms with Crippen molar-refractivity contribution in [2.24, 2.45) is 0 Å². The third-order valence-corrected chi connectivity index (χ3v) is 19.2. The molecular weight excluding hydrogens is 1740 g/mol. The van der Waals surface area contributed by atoms with E-state index in [1.165, 1.54) is 88.2 Å². The number of nitrogens with zero attached hydrogens (tertiary/aromatic N) is 2. The molecule has 0 bridgehead atoms. The molecule has 8 heteroatoms. The van der Waals surface area contributed by atoms with Gasteiger partial charge in [0.25, 0.3) is 0 Å². The first-order chi connectivity index (χ1) is 49.7. The molecule has 2 nitrogen and oxygen atoms in total. The molecule has 0 aromatic heterocycles. The van der Waals surface area contributed by atoms with Crippen molar-refractivity contribution in [3.05, 3.63) is 423 Å². The average molecular weight is 1880 g/mol. The third kappa shape index (κ3) is 49.9. The van der Waals surface area contributed by atoms with E-state index in [1.807, 2.05) is 159 Å². The fourth-order valence-corrected chi connectivity index (χ4v) is 13.5. The van der Waals surface area contributed by atoms with Crippen molar-refractivity contribution in [2.45, 2.75) is 145 Å². The molecule has 0 N–H and O–H groups in total. The van der Waals surface area contributed by atoms with E-state index in [0.29, 0.717) is 0 Å². The molecule has 0 heterocycles. The fraction of sp³-hybridized carbons (Fsp3) is 0.214. The van der Waals surface area contributed by atoms with Gasteiger partial charge in [0.15, 0.2) is 0 Å². The molecule has 0 aliphatic heterocycles. The van der Waals surface area contributed by atoms with Gasteiger partial charge in [-0.25, -0.2) is 0 Å². The van der Waals surface area contributed by atoms with Crippen LogP contribution >= 0.6 is 0 Å². The van der Waals surface area contributed by atoms with Gasteiger partial charge < -0.3 is 46.9 Å². The molecule has 0 unspecified atom stereocenters. The van der Waals surface area contributed by atoms with Crippen LogP contribution in [0.5, 0.6) is 0 Å². The van der Waals surface area contributed by atoms with Crippen LogP contribution in [-0.4, -0.2) is 15.1 Å². The topological polar surface area (TPSA) is 6.48 Å². The summed E-state index contributed by atoms with van der Waals surface area (Å²) in [6.07, 6.45) is 0. The largest absolute Gasteiger partial charge is 0.358 e. The number of aryl methyl sites for hydroxylation is 4. The summed E-state index contributed by atoms with van der Waals surface area (Å²) in [5.41, 5.74) is 13.8. The first-order valence-corrected chi connectivity index (χ1v) is 39.7. The summed E-state index contributed by atoms with van der Waals surface area (Å²) in [6.45, 7) is 42.9. The molecule has 13 rings (SSSR count). The Bertz CT molecular complexity index is 3760. The summed E-state index contributed by atoms with van der Waals surface area (Å²) >= 11 is 0. The Morgan fingerprint density at radius 2 is 0.450 bits per heavy atom. The molecule has 0 fully saturated rings. The van der Waals surface area contributed by atoms with Gasteiger partial charge >= 0.3 is 0 Å². The fourth-order valence-electron chi connectivity index (χ4n) is 9.92. The Morgan fingerprint density at radius 3 is 0.757 bits per heavy atom. The Labute approximate surface area is 812 Å². The van der Waals surface area contributed by atoms with Crippen LogP contribution < -0.4 is 25.4 Å². The minimum absolute atomic E-state index is 0. The van der Waals surface area contributed by atoms with E-state index >= 15 is 0 Å². The second-order valence-electron chi connectivity index (χ2n) is 21.0. The molecule has 0 amide bonds. The Morgan fingerprint density at radius 1 is 0.216 bits per heavy atom. The van der Waals surface area contributed by atoms with Crippen LogP contribution in [0, 0.1) is 64.8 Å². The molecule has 0 aliphatic rings. The van der Waals surface area contributed by atoms with Crippen LogP contribution in [0.2, 0.25) is 6.55 Å². The van der Waals surface area contributed by atoms with E-state index in [-0.39, 0.29) is 201 Å². The number of para-hydroxylation sites is 4. The number of benzene rings is 13. The summed E-state index contributed by atoms with van der Waals surface area (Å²) in [5.74, 6) is 0. The van der Waals surface area contributed by atoms with E-state index in [2.05, 4.69) is 367 Å². The summed E-state index contributed by atoms with van der Waals surface area (Å²) in [7, 11) is 0.196. The Balaban J connectivity index is -0.000000116. The maximum Gasteiger partial charge on any atom is 0.145 e. The SMILES string of the molecule is CC.CC.CC.CC.CC.CC.CC.CC.CN(c1ccccc1)c1ccccc1.C[Si](c1ccccc1)(c1ccccc1)c1ccccc1.Cc1ccc(N(c2ccccc2)c2ccccc2)cc1.Cc1ccc2ccccc2c1.Cc1ccccc1.Cc1ccccc1-c1ccccc1.[CH3-].[CH3-].[CH3-].[CH3-].[CH3-].[Y].[Y].[Y].[Y].[Y]. The Kier molecular flexibility index (Phi) is 101. The minimum Gasteiger partial charge on any atom is -0.358 e. The van der Waals surface area contributed by atoms with Crippen LogP contribution in [0.3, 0.4) is 0 Å². The van der Waals surface area contributed by atoms with Crippen molar-refractivity contribution in [3.63, 3.8) is 0 Å². The summed E-state index contributed by atoms with van der Waals surface area (Å²) in [5, 5.41) is 7.01. The van der Waals surface area contributed by atoms with Crippen molar-refractivity contribution < 1.29 is 164 Å². The molecule has 13 aromatic carbocycles. The van der Waals surface area contributed by atoms with Crippen LogP contribution in [0.25, 0.3) is 21.9 Å². The standard InChI is InChI=1S/C19H17N.C19H18Si.C13H13N.C13H12.C11H10.C7H8.8C2H6.5CH3.5Y/c1-16-12-14-19(15-13-16)20(17-8-4-2-5-9-17)18-10-6-3-7-11-18;1-20(17-11-5-2-6-12-17,18-13-7-3-8-14-18)19-15-9-4-10-16-19;1-14(12-8-4-2-5-9-12)13-10-6-3-7-11-13;1-11-7-5-6-10-13(11)12-8-3-2-4-9-12;1-9-6-7-10-4-2-3-5-11(10)8-9;1-7-5-3-2-4-6-7;8*1-2;;;;;;;;;;/h2-15H,1H3;2-16H,1H3;2-11H,1H3;2-10H,1H3;2-8H,1H3;2-6H,1H3;8*1-2H3;5*1H3;;;;;/q;;;;;;;;;;;;;;5*-1;;;;;. The second kappa shape index (κ2) is 86.3. The molecule has 0 saturated heterocycles. The third-order valence-electron chi connectivity index (χ3n) is 14.7. The zero-order valence-corrected chi connectivity index (χ0v) is 89.1. The average Bonchev–Trinajstić information content (AvgIpc) is 0.772. The molecule has 111 heavy (non-hydrogen) atoms. The monoisotopic (exact) mass is 1880 g/mol. The number of rotatable bonds is 9. The van der Waals surface area contributed by atoms with Crippen molar-refractivity contribution in [2.75, 3.05) is 16.8 Å².